The summed E-state index contributed by atoms with van der Waals surface area (Å²) in [5.74, 6) is -0.0996. The number of hydrogen-bond acceptors (Lipinski definition) is 4. The van der Waals surface area contributed by atoms with Crippen LogP contribution in [0.5, 0.6) is 5.75 Å². The van der Waals surface area contributed by atoms with Gasteiger partial charge in [-0.05, 0) is 24.6 Å². The molecule has 1 amide bonds. The summed E-state index contributed by atoms with van der Waals surface area (Å²) in [5, 5.41) is 14.0. The summed E-state index contributed by atoms with van der Waals surface area (Å²) in [4.78, 5) is 27.4. The van der Waals surface area contributed by atoms with Crippen LogP contribution in [0, 0.1) is 6.92 Å². The van der Waals surface area contributed by atoms with E-state index in [0.29, 0.717) is 12.3 Å². The van der Waals surface area contributed by atoms with Crippen molar-refractivity contribution in [1.82, 2.24) is 10.3 Å². The van der Waals surface area contributed by atoms with Gasteiger partial charge in [-0.1, -0.05) is 26.0 Å². The maximum Gasteiger partial charge on any atom is 0.227 e. The Bertz CT molecular complexity index is 1010. The Morgan fingerprint density at radius 3 is 2.85 bits per heavy atom. The van der Waals surface area contributed by atoms with Gasteiger partial charge in [0, 0.05) is 41.5 Å². The van der Waals surface area contributed by atoms with Gasteiger partial charge in [-0.25, -0.2) is 0 Å². The number of hydrogen-bond donors (Lipinski definition) is 3. The number of nitrogens with one attached hydrogen (secondary N) is 2. The summed E-state index contributed by atoms with van der Waals surface area (Å²) < 4.78 is 5.53. The quantitative estimate of drug-likeness (QED) is 0.656. The van der Waals surface area contributed by atoms with Crippen LogP contribution in [-0.4, -0.2) is 16.0 Å². The van der Waals surface area contributed by atoms with E-state index >= 15 is 0 Å². The van der Waals surface area contributed by atoms with Crippen molar-refractivity contribution in [2.75, 3.05) is 0 Å². The lowest BCUT2D eigenvalue weighted by Gasteiger charge is -2.23. The predicted molar refractivity (Wildman–Crippen MR) is 99.2 cm³/mol. The Morgan fingerprint density at radius 1 is 1.31 bits per heavy atom. The molecule has 0 aliphatic heterocycles. The number of H-pyrrole nitrogens is 1. The summed E-state index contributed by atoms with van der Waals surface area (Å²) in [6.45, 7) is 5.56. The van der Waals surface area contributed by atoms with Crippen LogP contribution < -0.4 is 10.7 Å². The number of aryl methyl sites for hydroxylation is 1. The van der Waals surface area contributed by atoms with Gasteiger partial charge in [0.2, 0.25) is 17.1 Å². The molecule has 3 rings (SSSR count). The summed E-state index contributed by atoms with van der Waals surface area (Å²) in [7, 11) is 0. The van der Waals surface area contributed by atoms with Crippen LogP contribution in [-0.2, 0) is 16.8 Å². The maximum absolute atomic E-state index is 12.4. The van der Waals surface area contributed by atoms with Gasteiger partial charge >= 0.3 is 0 Å². The first kappa shape index (κ1) is 17.8. The van der Waals surface area contributed by atoms with Crippen LogP contribution in [0.2, 0.25) is 0 Å². The highest BCUT2D eigenvalue weighted by Gasteiger charge is 2.31. The fraction of sp³-hybridized carbons (Fsp3) is 0.300. The normalized spacial score (nSPS) is 11.7. The van der Waals surface area contributed by atoms with Crippen molar-refractivity contribution in [2.45, 2.75) is 39.2 Å². The van der Waals surface area contributed by atoms with E-state index in [-0.39, 0.29) is 18.1 Å². The Balaban J connectivity index is 1.73. The van der Waals surface area contributed by atoms with E-state index in [1.165, 1.54) is 6.07 Å². The first-order valence-corrected chi connectivity index (χ1v) is 8.44. The topological polar surface area (TPSA) is 95.3 Å². The van der Waals surface area contributed by atoms with E-state index in [9.17, 15) is 14.7 Å². The van der Waals surface area contributed by atoms with E-state index in [2.05, 4.69) is 10.3 Å². The van der Waals surface area contributed by atoms with Crippen molar-refractivity contribution < 1.29 is 14.3 Å². The number of amides is 1. The van der Waals surface area contributed by atoms with Gasteiger partial charge in [-0.2, -0.15) is 0 Å². The minimum absolute atomic E-state index is 0.0794. The SMILES string of the molecule is Cc1cc(=O)c(O)c(C(C)(C)CC(=O)NCc2cccc3[nH]ccc23)o1. The molecule has 6 heteroatoms. The first-order chi connectivity index (χ1) is 12.3. The zero-order chi connectivity index (χ0) is 18.9. The van der Waals surface area contributed by atoms with Gasteiger partial charge in [0.05, 0.1) is 0 Å². The highest BCUT2D eigenvalue weighted by Crippen LogP contribution is 2.32. The average molecular weight is 354 g/mol. The third kappa shape index (κ3) is 3.49. The number of aromatic nitrogens is 1. The highest BCUT2D eigenvalue weighted by atomic mass is 16.4. The molecule has 3 N–H and O–H groups in total. The Labute approximate surface area is 150 Å². The number of carbonyl (C=O) groups excluding carboxylic acids is 1. The second kappa shape index (κ2) is 6.71. The van der Waals surface area contributed by atoms with Crippen LogP contribution >= 0.6 is 0 Å². The molecule has 0 radical (unpaired) electrons. The van der Waals surface area contributed by atoms with Crippen LogP contribution in [0.25, 0.3) is 10.9 Å². The molecule has 2 heterocycles. The van der Waals surface area contributed by atoms with E-state index in [4.69, 9.17) is 4.42 Å². The Hall–Kier alpha value is -3.02. The first-order valence-electron chi connectivity index (χ1n) is 8.44. The largest absolute Gasteiger partial charge is 0.502 e. The van der Waals surface area contributed by atoms with Gasteiger partial charge in [0.15, 0.2) is 5.76 Å². The number of carbonyl (C=O) groups is 1. The fourth-order valence-electron chi connectivity index (χ4n) is 3.10. The smallest absolute Gasteiger partial charge is 0.227 e. The molecule has 0 atom stereocenters. The summed E-state index contributed by atoms with van der Waals surface area (Å²) in [6.07, 6.45) is 1.94. The summed E-state index contributed by atoms with van der Waals surface area (Å²) in [6, 6.07) is 9.08. The van der Waals surface area contributed by atoms with Crippen molar-refractivity contribution >= 4 is 16.8 Å². The molecule has 0 unspecified atom stereocenters. The Kier molecular flexibility index (Phi) is 4.59. The van der Waals surface area contributed by atoms with Crippen molar-refractivity contribution in [2.24, 2.45) is 0 Å². The summed E-state index contributed by atoms with van der Waals surface area (Å²) in [5.41, 5.74) is 0.708. The minimum atomic E-state index is -0.820. The highest BCUT2D eigenvalue weighted by molar-refractivity contribution is 5.84. The fourth-order valence-corrected chi connectivity index (χ4v) is 3.10. The number of rotatable bonds is 5. The van der Waals surface area contributed by atoms with Crippen molar-refractivity contribution in [3.8, 4) is 5.75 Å². The lowest BCUT2D eigenvalue weighted by Crippen LogP contribution is -2.31. The molecule has 0 saturated heterocycles. The number of fused-ring (bicyclic) bond motifs is 1. The standard InChI is InChI=1S/C20H22N2O4/c1-12-9-16(23)18(25)19(26-12)20(2,3)10-17(24)22-11-13-5-4-6-15-14(13)7-8-21-15/h4-9,21,25H,10-11H2,1-3H3,(H,22,24). The Morgan fingerprint density at radius 2 is 2.08 bits per heavy atom. The predicted octanol–water partition coefficient (Wildman–Crippen LogP) is 3.12. The van der Waals surface area contributed by atoms with Gasteiger partial charge in [-0.3, -0.25) is 9.59 Å². The average Bonchev–Trinajstić information content (AvgIpc) is 3.05. The molecule has 136 valence electrons. The molecule has 3 aromatic rings. The third-order valence-corrected chi connectivity index (χ3v) is 4.42. The van der Waals surface area contributed by atoms with Gasteiger partial charge in [0.25, 0.3) is 0 Å². The molecule has 0 aliphatic carbocycles. The summed E-state index contributed by atoms with van der Waals surface area (Å²) >= 11 is 0. The second-order valence-electron chi connectivity index (χ2n) is 7.09. The van der Waals surface area contributed by atoms with E-state index in [1.54, 1.807) is 20.8 Å². The van der Waals surface area contributed by atoms with Crippen molar-refractivity contribution in [3.63, 3.8) is 0 Å². The second-order valence-corrected chi connectivity index (χ2v) is 7.09. The lowest BCUT2D eigenvalue weighted by molar-refractivity contribution is -0.122. The van der Waals surface area contributed by atoms with Crippen molar-refractivity contribution in [1.29, 1.82) is 0 Å². The molecule has 1 aromatic carbocycles. The van der Waals surface area contributed by atoms with Crippen LogP contribution in [0.1, 0.15) is 37.4 Å². The van der Waals surface area contributed by atoms with Gasteiger partial charge < -0.3 is 19.8 Å². The molecule has 26 heavy (non-hydrogen) atoms. The third-order valence-electron chi connectivity index (χ3n) is 4.42. The number of aromatic amines is 1. The van der Waals surface area contributed by atoms with Crippen LogP contribution in [0.4, 0.5) is 0 Å². The molecule has 2 aromatic heterocycles. The van der Waals surface area contributed by atoms with Gasteiger partial charge in [0.1, 0.15) is 5.76 Å². The number of aromatic hydroxyl groups is 1. The molecule has 0 bridgehead atoms. The molecule has 0 spiro atoms. The maximum atomic E-state index is 12.4. The minimum Gasteiger partial charge on any atom is -0.502 e. The molecule has 0 aliphatic rings. The van der Waals surface area contributed by atoms with E-state index < -0.39 is 16.6 Å². The number of benzene rings is 1. The monoisotopic (exact) mass is 354 g/mol. The lowest BCUT2D eigenvalue weighted by atomic mass is 9.85. The van der Waals surface area contributed by atoms with Crippen LogP contribution in [0.3, 0.4) is 0 Å². The molecule has 0 saturated carbocycles. The molecule has 0 fully saturated rings. The molecular weight excluding hydrogens is 332 g/mol. The van der Waals surface area contributed by atoms with Crippen LogP contribution in [0.15, 0.2) is 45.7 Å². The zero-order valence-electron chi connectivity index (χ0n) is 15.1. The van der Waals surface area contributed by atoms with Crippen molar-refractivity contribution in [3.05, 3.63) is 63.8 Å². The molecule has 6 nitrogen and oxygen atoms in total. The van der Waals surface area contributed by atoms with Gasteiger partial charge in [-0.15, -0.1) is 0 Å². The molecular formula is C20H22N2O4. The van der Waals surface area contributed by atoms with E-state index in [0.717, 1.165) is 16.5 Å². The zero-order valence-corrected chi connectivity index (χ0v) is 15.1. The van der Waals surface area contributed by atoms with E-state index in [1.807, 2.05) is 30.5 Å².